The summed E-state index contributed by atoms with van der Waals surface area (Å²) in [5.41, 5.74) is 8.55. The van der Waals surface area contributed by atoms with Gasteiger partial charge >= 0.3 is 6.36 Å². The SMILES string of the molecule is C[C@H]1OCc2c1c(N)nc1c2=CC(C(=O)N2CCOC[C@@H]2c2ccc(OC(F)(F)F)cc2)NC=1. The van der Waals surface area contributed by atoms with Crippen LogP contribution in [0, 0.1) is 0 Å². The van der Waals surface area contributed by atoms with E-state index in [1.54, 1.807) is 11.1 Å². The molecule has 1 aromatic carbocycles. The molecule has 4 heterocycles. The zero-order chi connectivity index (χ0) is 24.0. The first-order valence-electron chi connectivity index (χ1n) is 10.8. The molecule has 1 aromatic heterocycles. The highest BCUT2D eigenvalue weighted by Gasteiger charge is 2.34. The van der Waals surface area contributed by atoms with Crippen LogP contribution in [-0.2, 0) is 20.9 Å². The summed E-state index contributed by atoms with van der Waals surface area (Å²) in [5.74, 6) is -0.0825. The summed E-state index contributed by atoms with van der Waals surface area (Å²) in [6.45, 7) is 3.25. The maximum atomic E-state index is 13.5. The number of hydrogen-bond acceptors (Lipinski definition) is 7. The van der Waals surface area contributed by atoms with E-state index in [9.17, 15) is 18.0 Å². The van der Waals surface area contributed by atoms with Gasteiger partial charge in [-0.05, 0) is 36.3 Å². The fourth-order valence-corrected chi connectivity index (χ4v) is 4.64. The number of benzene rings is 1. The van der Waals surface area contributed by atoms with Crippen molar-refractivity contribution in [1.29, 1.82) is 0 Å². The summed E-state index contributed by atoms with van der Waals surface area (Å²) < 4.78 is 52.7. The predicted molar refractivity (Wildman–Crippen MR) is 115 cm³/mol. The number of carbonyl (C=O) groups excluding carboxylic acids is 1. The van der Waals surface area contributed by atoms with Crippen LogP contribution in [0.15, 0.2) is 24.3 Å². The van der Waals surface area contributed by atoms with Crippen molar-refractivity contribution in [3.63, 3.8) is 0 Å². The van der Waals surface area contributed by atoms with Crippen molar-refractivity contribution in [3.05, 3.63) is 51.5 Å². The average Bonchev–Trinajstić information content (AvgIpc) is 3.20. The van der Waals surface area contributed by atoms with E-state index in [1.165, 1.54) is 24.3 Å². The average molecular weight is 476 g/mol. The number of halogens is 3. The molecule has 11 heteroatoms. The van der Waals surface area contributed by atoms with Crippen molar-refractivity contribution in [2.45, 2.75) is 38.1 Å². The van der Waals surface area contributed by atoms with Crippen LogP contribution in [-0.4, -0.2) is 48.0 Å². The number of morpholine rings is 1. The summed E-state index contributed by atoms with van der Waals surface area (Å²) in [7, 11) is 0. The molecule has 34 heavy (non-hydrogen) atoms. The van der Waals surface area contributed by atoms with Crippen molar-refractivity contribution in [2.75, 3.05) is 25.5 Å². The van der Waals surface area contributed by atoms with Crippen LogP contribution in [0.5, 0.6) is 5.75 Å². The quantitative estimate of drug-likeness (QED) is 0.688. The third-order valence-electron chi connectivity index (χ3n) is 6.24. The molecule has 5 rings (SSSR count). The van der Waals surface area contributed by atoms with Crippen LogP contribution in [0.2, 0.25) is 0 Å². The van der Waals surface area contributed by atoms with E-state index in [2.05, 4.69) is 15.0 Å². The molecule has 1 fully saturated rings. The molecule has 1 amide bonds. The first-order chi connectivity index (χ1) is 16.2. The molecule has 3 aliphatic rings. The van der Waals surface area contributed by atoms with E-state index in [-0.39, 0.29) is 24.4 Å². The summed E-state index contributed by atoms with van der Waals surface area (Å²) in [6.07, 6.45) is -1.43. The standard InChI is InChI=1S/C23H23F3N4O4/c1-12-20-16(10-33-12)15-8-17(28-9-18(15)29-21(20)27)22(31)30-6-7-32-11-19(30)13-2-4-14(5-3-13)34-23(24,25)26/h2-5,8-9,12,17,19,28H,6-7,10-11H2,1H3,(H2,27,29)/t12-,17?,19-/m1/s1. The Hall–Kier alpha value is -3.31. The molecule has 2 aromatic rings. The van der Waals surface area contributed by atoms with Crippen molar-refractivity contribution in [1.82, 2.24) is 15.2 Å². The predicted octanol–water partition coefficient (Wildman–Crippen LogP) is 1.24. The molecule has 0 radical (unpaired) electrons. The van der Waals surface area contributed by atoms with Gasteiger partial charge in [0.25, 0.3) is 0 Å². The minimum Gasteiger partial charge on any atom is -0.406 e. The number of nitrogens with zero attached hydrogens (tertiary/aromatic N) is 2. The van der Waals surface area contributed by atoms with Crippen LogP contribution in [0.1, 0.15) is 35.8 Å². The largest absolute Gasteiger partial charge is 0.573 e. The molecule has 0 spiro atoms. The smallest absolute Gasteiger partial charge is 0.406 e. The number of nitrogen functional groups attached to an aromatic ring is 1. The van der Waals surface area contributed by atoms with Gasteiger partial charge in [-0.25, -0.2) is 4.98 Å². The number of pyridine rings is 1. The monoisotopic (exact) mass is 476 g/mol. The molecule has 3 aliphatic heterocycles. The van der Waals surface area contributed by atoms with E-state index < -0.39 is 18.4 Å². The molecule has 0 saturated carbocycles. The molecule has 180 valence electrons. The zero-order valence-electron chi connectivity index (χ0n) is 18.3. The van der Waals surface area contributed by atoms with Gasteiger partial charge in [0.1, 0.15) is 17.6 Å². The number of ether oxygens (including phenoxy) is 3. The van der Waals surface area contributed by atoms with Gasteiger partial charge in [0.05, 0.1) is 37.3 Å². The third-order valence-corrected chi connectivity index (χ3v) is 6.24. The zero-order valence-corrected chi connectivity index (χ0v) is 18.3. The van der Waals surface area contributed by atoms with Gasteiger partial charge in [0, 0.05) is 23.5 Å². The van der Waals surface area contributed by atoms with Gasteiger partial charge in [0.15, 0.2) is 0 Å². The minimum atomic E-state index is -4.77. The first kappa shape index (κ1) is 22.5. The number of alkyl halides is 3. The summed E-state index contributed by atoms with van der Waals surface area (Å²) >= 11 is 0. The lowest BCUT2D eigenvalue weighted by molar-refractivity contribution is -0.274. The van der Waals surface area contributed by atoms with Gasteiger partial charge in [-0.15, -0.1) is 13.2 Å². The van der Waals surface area contributed by atoms with Gasteiger partial charge < -0.3 is 30.2 Å². The molecular weight excluding hydrogens is 453 g/mol. The maximum Gasteiger partial charge on any atom is 0.573 e. The number of aromatic nitrogens is 1. The molecule has 1 saturated heterocycles. The second kappa shape index (κ2) is 8.48. The normalized spacial score (nSPS) is 23.8. The highest BCUT2D eigenvalue weighted by molar-refractivity contribution is 5.89. The Morgan fingerprint density at radius 1 is 1.29 bits per heavy atom. The van der Waals surface area contributed by atoms with E-state index >= 15 is 0 Å². The van der Waals surface area contributed by atoms with E-state index in [4.69, 9.17) is 15.2 Å². The van der Waals surface area contributed by atoms with Crippen molar-refractivity contribution >= 4 is 24.0 Å². The Bertz CT molecular complexity index is 1230. The molecular formula is C23H23F3N4O4. The Morgan fingerprint density at radius 2 is 2.06 bits per heavy atom. The summed E-state index contributed by atoms with van der Waals surface area (Å²) in [6, 6.07) is 4.39. The highest BCUT2D eigenvalue weighted by atomic mass is 19.4. The van der Waals surface area contributed by atoms with Gasteiger partial charge in [-0.3, -0.25) is 4.79 Å². The van der Waals surface area contributed by atoms with Crippen molar-refractivity contribution in [3.8, 4) is 5.75 Å². The number of nitrogens with two attached hydrogens (primary N) is 1. The van der Waals surface area contributed by atoms with Gasteiger partial charge in [0.2, 0.25) is 5.91 Å². The number of amides is 1. The van der Waals surface area contributed by atoms with Crippen LogP contribution < -0.4 is 26.4 Å². The number of hydrogen-bond donors (Lipinski definition) is 2. The second-order valence-corrected chi connectivity index (χ2v) is 8.34. The molecule has 0 aliphatic carbocycles. The summed E-state index contributed by atoms with van der Waals surface area (Å²) in [4.78, 5) is 19.7. The first-order valence-corrected chi connectivity index (χ1v) is 10.8. The molecule has 3 atom stereocenters. The Labute approximate surface area is 192 Å². The highest BCUT2D eigenvalue weighted by Crippen LogP contribution is 2.31. The number of nitrogens with one attached hydrogen (secondary N) is 1. The van der Waals surface area contributed by atoms with Crippen molar-refractivity contribution in [2.24, 2.45) is 0 Å². The summed E-state index contributed by atoms with van der Waals surface area (Å²) in [5, 5.41) is 4.57. The van der Waals surface area contributed by atoms with Gasteiger partial charge in [-0.2, -0.15) is 0 Å². The number of fused-ring (bicyclic) bond motifs is 3. The Morgan fingerprint density at radius 3 is 2.79 bits per heavy atom. The van der Waals surface area contributed by atoms with Crippen LogP contribution >= 0.6 is 0 Å². The molecule has 8 nitrogen and oxygen atoms in total. The number of carbonyl (C=O) groups is 1. The van der Waals surface area contributed by atoms with Crippen LogP contribution in [0.25, 0.3) is 12.3 Å². The number of anilines is 1. The fourth-order valence-electron chi connectivity index (χ4n) is 4.64. The van der Waals surface area contributed by atoms with Crippen molar-refractivity contribution < 1.29 is 32.2 Å². The topological polar surface area (TPSA) is 98.9 Å². The van der Waals surface area contributed by atoms with Crippen LogP contribution in [0.3, 0.4) is 0 Å². The lowest BCUT2D eigenvalue weighted by Gasteiger charge is -2.37. The minimum absolute atomic E-state index is 0.168. The Kier molecular flexibility index (Phi) is 5.61. The molecule has 0 bridgehead atoms. The van der Waals surface area contributed by atoms with E-state index in [0.717, 1.165) is 16.3 Å². The Balaban J connectivity index is 1.42. The number of rotatable bonds is 3. The van der Waals surface area contributed by atoms with E-state index in [1.807, 2.05) is 13.0 Å². The van der Waals surface area contributed by atoms with E-state index in [0.29, 0.717) is 36.5 Å². The lowest BCUT2D eigenvalue weighted by Crippen LogP contribution is -2.53. The fraction of sp³-hybridized carbons (Fsp3) is 0.391. The third kappa shape index (κ3) is 4.16. The lowest BCUT2D eigenvalue weighted by atomic mass is 10.0. The van der Waals surface area contributed by atoms with Crippen LogP contribution in [0.4, 0.5) is 19.0 Å². The second-order valence-electron chi connectivity index (χ2n) is 8.34. The maximum absolute atomic E-state index is 13.5. The molecule has 3 N–H and O–H groups in total. The molecule has 1 unspecified atom stereocenters. The van der Waals surface area contributed by atoms with Gasteiger partial charge in [-0.1, -0.05) is 12.1 Å².